The van der Waals surface area contributed by atoms with Crippen LogP contribution in [-0.4, -0.2) is 34.8 Å². The molecule has 1 unspecified atom stereocenters. The Hall–Kier alpha value is -1.70. The molecule has 1 atom stereocenters. The number of alkyl halides is 1. The normalized spacial score (nSPS) is 12.8. The van der Waals surface area contributed by atoms with Crippen molar-refractivity contribution in [2.24, 2.45) is 0 Å². The Kier molecular flexibility index (Phi) is 9.07. The lowest BCUT2D eigenvalue weighted by Gasteiger charge is -2.08. The molecule has 0 radical (unpaired) electrons. The number of benzene rings is 2. The zero-order chi connectivity index (χ0) is 22.2. The first-order chi connectivity index (χ1) is 14.1. The van der Waals surface area contributed by atoms with Gasteiger partial charge in [-0.2, -0.15) is 0 Å². The number of rotatable bonds is 9. The molecule has 0 bridgehead atoms. The van der Waals surface area contributed by atoms with Gasteiger partial charge in [-0.1, -0.05) is 57.2 Å². The van der Waals surface area contributed by atoms with Gasteiger partial charge in [0.1, 0.15) is 0 Å². The molecule has 0 aliphatic heterocycles. The third kappa shape index (κ3) is 7.85. The fourth-order valence-corrected chi connectivity index (χ4v) is 4.89. The molecule has 0 amide bonds. The van der Waals surface area contributed by atoms with Crippen LogP contribution in [0, 0.1) is 25.7 Å². The lowest BCUT2D eigenvalue weighted by Crippen LogP contribution is -2.26. The molecule has 0 heterocycles. The van der Waals surface area contributed by atoms with Gasteiger partial charge in [0.15, 0.2) is 0 Å². The number of halogens is 1. The topological polar surface area (TPSA) is 92.3 Å². The standard InChI is InChI=1S/C21H25BrN2O4S2/c1-17-6-10-20(11-7-17)29(25,26)23-15-4-3-5-19(22)14-16-24-30(27,28)21-12-8-18(2)9-13-21/h6-13,19,23-24H,4,14-16H2,1-2H3. The Morgan fingerprint density at radius 2 is 1.23 bits per heavy atom. The number of nitrogens with one attached hydrogen (secondary N) is 2. The number of aryl methyl sites for hydroxylation is 2. The van der Waals surface area contributed by atoms with Crippen LogP contribution >= 0.6 is 15.9 Å². The molecular weight excluding hydrogens is 488 g/mol. The smallest absolute Gasteiger partial charge is 0.211 e. The minimum Gasteiger partial charge on any atom is -0.211 e. The zero-order valence-electron chi connectivity index (χ0n) is 16.9. The maximum absolute atomic E-state index is 12.2. The molecule has 9 heteroatoms. The molecule has 2 rings (SSSR count). The second-order valence-corrected chi connectivity index (χ2v) is 11.4. The van der Waals surface area contributed by atoms with E-state index in [0.29, 0.717) is 12.8 Å². The fourth-order valence-electron chi connectivity index (χ4n) is 2.42. The largest absolute Gasteiger partial charge is 0.240 e. The first kappa shape index (κ1) is 24.6. The van der Waals surface area contributed by atoms with Crippen molar-refractivity contribution in [1.29, 1.82) is 0 Å². The van der Waals surface area contributed by atoms with Crippen LogP contribution in [-0.2, 0) is 20.0 Å². The maximum atomic E-state index is 12.2. The summed E-state index contributed by atoms with van der Waals surface area (Å²) in [7, 11) is -7.09. The van der Waals surface area contributed by atoms with E-state index in [-0.39, 0.29) is 27.7 Å². The number of sulfonamides is 2. The van der Waals surface area contributed by atoms with Crippen molar-refractivity contribution in [1.82, 2.24) is 9.44 Å². The summed E-state index contributed by atoms with van der Waals surface area (Å²) in [6.45, 7) is 4.22. The average molecular weight is 513 g/mol. The van der Waals surface area contributed by atoms with Crippen molar-refractivity contribution in [3.8, 4) is 11.8 Å². The monoisotopic (exact) mass is 512 g/mol. The first-order valence-electron chi connectivity index (χ1n) is 9.35. The quantitative estimate of drug-likeness (QED) is 0.306. The van der Waals surface area contributed by atoms with E-state index in [2.05, 4.69) is 37.2 Å². The SMILES string of the molecule is Cc1ccc(S(=O)(=O)NCCC#CC(Br)CCNS(=O)(=O)c2ccc(C)cc2)cc1. The first-order valence-corrected chi connectivity index (χ1v) is 13.2. The van der Waals surface area contributed by atoms with E-state index in [1.165, 1.54) is 0 Å². The van der Waals surface area contributed by atoms with Gasteiger partial charge in [-0.05, 0) is 44.5 Å². The fraction of sp³-hybridized carbons (Fsp3) is 0.333. The Morgan fingerprint density at radius 3 is 1.70 bits per heavy atom. The summed E-state index contributed by atoms with van der Waals surface area (Å²) in [5, 5.41) is 0. The Bertz CT molecular complexity index is 1100. The molecule has 0 saturated heterocycles. The van der Waals surface area contributed by atoms with E-state index in [9.17, 15) is 16.8 Å². The van der Waals surface area contributed by atoms with E-state index < -0.39 is 20.0 Å². The van der Waals surface area contributed by atoms with Gasteiger partial charge in [0.2, 0.25) is 20.0 Å². The van der Waals surface area contributed by atoms with Crippen LogP contribution in [0.1, 0.15) is 24.0 Å². The van der Waals surface area contributed by atoms with Gasteiger partial charge in [0.25, 0.3) is 0 Å². The number of hydrogen-bond acceptors (Lipinski definition) is 4. The van der Waals surface area contributed by atoms with Gasteiger partial charge in [0, 0.05) is 19.5 Å². The summed E-state index contributed by atoms with van der Waals surface area (Å²) in [6, 6.07) is 13.3. The Labute approximate surface area is 187 Å². The van der Waals surface area contributed by atoms with E-state index in [1.54, 1.807) is 48.5 Å². The van der Waals surface area contributed by atoms with Crippen LogP contribution in [0.25, 0.3) is 0 Å². The van der Waals surface area contributed by atoms with Gasteiger partial charge < -0.3 is 0 Å². The zero-order valence-corrected chi connectivity index (χ0v) is 20.1. The predicted molar refractivity (Wildman–Crippen MR) is 122 cm³/mol. The van der Waals surface area contributed by atoms with Crippen LogP contribution in [0.3, 0.4) is 0 Å². The molecule has 0 spiro atoms. The molecule has 0 aromatic heterocycles. The Morgan fingerprint density at radius 1 is 0.800 bits per heavy atom. The molecule has 162 valence electrons. The third-order valence-electron chi connectivity index (χ3n) is 4.15. The summed E-state index contributed by atoms with van der Waals surface area (Å²) in [5.41, 5.74) is 1.98. The number of hydrogen-bond donors (Lipinski definition) is 2. The predicted octanol–water partition coefficient (Wildman–Crippen LogP) is 3.11. The van der Waals surface area contributed by atoms with E-state index in [0.717, 1.165) is 11.1 Å². The molecular formula is C21H25BrN2O4S2. The molecule has 0 saturated carbocycles. The van der Waals surface area contributed by atoms with Crippen LogP contribution in [0.15, 0.2) is 58.3 Å². The van der Waals surface area contributed by atoms with Crippen LogP contribution in [0.4, 0.5) is 0 Å². The summed E-state index contributed by atoms with van der Waals surface area (Å²) < 4.78 is 53.9. The van der Waals surface area contributed by atoms with Crippen LogP contribution in [0.2, 0.25) is 0 Å². The van der Waals surface area contributed by atoms with Gasteiger partial charge in [-0.15, -0.1) is 5.92 Å². The van der Waals surface area contributed by atoms with E-state index in [1.807, 2.05) is 13.8 Å². The summed E-state index contributed by atoms with van der Waals surface area (Å²) >= 11 is 3.40. The van der Waals surface area contributed by atoms with Crippen molar-refractivity contribution >= 4 is 36.0 Å². The van der Waals surface area contributed by atoms with E-state index in [4.69, 9.17) is 0 Å². The van der Waals surface area contributed by atoms with Crippen molar-refractivity contribution in [2.45, 2.75) is 41.3 Å². The van der Waals surface area contributed by atoms with Crippen molar-refractivity contribution < 1.29 is 16.8 Å². The van der Waals surface area contributed by atoms with Crippen molar-refractivity contribution in [3.63, 3.8) is 0 Å². The summed E-state index contributed by atoms with van der Waals surface area (Å²) in [6.07, 6.45) is 0.829. The highest BCUT2D eigenvalue weighted by Gasteiger charge is 2.14. The maximum Gasteiger partial charge on any atom is 0.240 e. The second kappa shape index (κ2) is 11.1. The van der Waals surface area contributed by atoms with Crippen molar-refractivity contribution in [3.05, 3.63) is 59.7 Å². The van der Waals surface area contributed by atoms with Gasteiger partial charge in [0.05, 0.1) is 14.6 Å². The minimum atomic E-state index is -3.54. The molecule has 2 N–H and O–H groups in total. The van der Waals surface area contributed by atoms with Gasteiger partial charge in [-0.25, -0.2) is 26.3 Å². The lowest BCUT2D eigenvalue weighted by molar-refractivity contribution is 0.579. The van der Waals surface area contributed by atoms with Gasteiger partial charge in [-0.3, -0.25) is 0 Å². The molecule has 6 nitrogen and oxygen atoms in total. The van der Waals surface area contributed by atoms with Crippen LogP contribution in [0.5, 0.6) is 0 Å². The van der Waals surface area contributed by atoms with Gasteiger partial charge >= 0.3 is 0 Å². The molecule has 0 fully saturated rings. The van der Waals surface area contributed by atoms with Crippen LogP contribution < -0.4 is 9.44 Å². The minimum absolute atomic E-state index is 0.197. The molecule has 2 aromatic carbocycles. The molecule has 0 aliphatic carbocycles. The van der Waals surface area contributed by atoms with E-state index >= 15 is 0 Å². The second-order valence-electron chi connectivity index (χ2n) is 6.75. The highest BCUT2D eigenvalue weighted by molar-refractivity contribution is 9.09. The third-order valence-corrected chi connectivity index (χ3v) is 7.79. The molecule has 0 aliphatic rings. The lowest BCUT2D eigenvalue weighted by atomic mass is 10.2. The summed E-state index contributed by atoms with van der Waals surface area (Å²) in [4.78, 5) is 0.248. The highest BCUT2D eigenvalue weighted by Crippen LogP contribution is 2.11. The summed E-state index contributed by atoms with van der Waals surface area (Å²) in [5.74, 6) is 5.85. The molecule has 30 heavy (non-hydrogen) atoms. The molecule has 2 aromatic rings. The Balaban J connectivity index is 1.74. The van der Waals surface area contributed by atoms with Crippen molar-refractivity contribution in [2.75, 3.05) is 13.1 Å². The average Bonchev–Trinajstić information content (AvgIpc) is 2.68. The highest BCUT2D eigenvalue weighted by atomic mass is 79.9.